The van der Waals surface area contributed by atoms with E-state index in [0.717, 1.165) is 33.4 Å². The fourth-order valence-corrected chi connectivity index (χ4v) is 14.6. The van der Waals surface area contributed by atoms with E-state index < -0.39 is 59.2 Å². The quantitative estimate of drug-likeness (QED) is 0.0634. The van der Waals surface area contributed by atoms with Crippen LogP contribution in [-0.2, 0) is 46.1 Å². The fraction of sp³-hybridized carbons (Fsp3) is 0.183. The zero-order valence-corrected chi connectivity index (χ0v) is 60.1. The summed E-state index contributed by atoms with van der Waals surface area (Å²) in [6, 6.07) is 39.8. The van der Waals surface area contributed by atoms with Crippen molar-refractivity contribution in [1.82, 2.24) is 60.2 Å². The molecule has 6 aromatic heterocycles. The second-order valence-electron chi connectivity index (χ2n) is 24.5. The van der Waals surface area contributed by atoms with Crippen LogP contribution in [0.2, 0.25) is 0 Å². The van der Waals surface area contributed by atoms with Gasteiger partial charge in [-0.2, -0.15) is 20.6 Å². The Bertz CT molecular complexity index is 5550. The number of sulfone groups is 3. The molecule has 0 aliphatic heterocycles. The van der Waals surface area contributed by atoms with Gasteiger partial charge >= 0.3 is 0 Å². The van der Waals surface area contributed by atoms with Crippen LogP contribution in [0, 0.1) is 32.4 Å². The lowest BCUT2D eigenvalue weighted by Crippen LogP contribution is -2.35. The summed E-state index contributed by atoms with van der Waals surface area (Å²) < 4.78 is 133. The lowest BCUT2D eigenvalue weighted by molar-refractivity contribution is 0.0923. The number of pyridine rings is 3. The largest absolute Gasteiger partial charge is 0.342 e. The third-order valence-corrected chi connectivity index (χ3v) is 21.4. The summed E-state index contributed by atoms with van der Waals surface area (Å²) in [7, 11) is -11.4. The van der Waals surface area contributed by atoms with Gasteiger partial charge < -0.3 is 16.0 Å². The minimum Gasteiger partial charge on any atom is -0.342 e. The van der Waals surface area contributed by atoms with E-state index in [4.69, 9.17) is 1.37 Å². The maximum atomic E-state index is 13.4. The predicted octanol–water partition coefficient (Wildman–Crippen LogP) is 12.0. The summed E-state index contributed by atoms with van der Waals surface area (Å²) in [5.41, 5.74) is 5.43. The molecule has 520 valence electrons. The molecule has 3 amide bonds. The zero-order valence-electron chi connectivity index (χ0n) is 54.9. The number of nitrogens with zero attached hydrogens (tertiary/aromatic N) is 10. The number of carbonyl (C=O) groups is 3. The smallest absolute Gasteiger partial charge is 0.252 e. The average molecular weight is 1620 g/mol. The van der Waals surface area contributed by atoms with Gasteiger partial charge in [-0.25, -0.2) is 67.4 Å². The number of alkyl halides is 1. The summed E-state index contributed by atoms with van der Waals surface area (Å²) in [6.07, 6.45) is 16.4. The van der Waals surface area contributed by atoms with Crippen molar-refractivity contribution in [1.29, 1.82) is 5.26 Å². The van der Waals surface area contributed by atoms with Gasteiger partial charge in [-0.1, -0.05) is 15.9 Å². The first-order valence-electron chi connectivity index (χ1n) is 31.5. The molecule has 12 aromatic rings. The second kappa shape index (κ2) is 28.0. The normalized spacial score (nSPS) is 14.6. The van der Waals surface area contributed by atoms with Gasteiger partial charge in [0.15, 0.2) is 44.6 Å². The Morgan fingerprint density at radius 3 is 1.11 bits per heavy atom. The number of hydrogen-bond acceptors (Lipinski definition) is 16. The van der Waals surface area contributed by atoms with E-state index in [9.17, 15) is 62.5 Å². The Labute approximate surface area is 604 Å². The van der Waals surface area contributed by atoms with E-state index in [1.807, 2.05) is 12.1 Å². The first-order chi connectivity index (χ1) is 48.9. The highest BCUT2D eigenvalue weighted by molar-refractivity contribution is 14.1. The fourth-order valence-electron chi connectivity index (χ4n) is 11.7. The lowest BCUT2D eigenvalue weighted by Gasteiger charge is -2.19. The van der Waals surface area contributed by atoms with Gasteiger partial charge in [-0.3, -0.25) is 18.8 Å². The highest BCUT2D eigenvalue weighted by atomic mass is 127. The second-order valence-corrected chi connectivity index (χ2v) is 32.6. The molecule has 15 rings (SSSR count). The van der Waals surface area contributed by atoms with Crippen LogP contribution in [0.4, 0.5) is 17.6 Å². The lowest BCUT2D eigenvalue weighted by atomic mass is 10.0. The van der Waals surface area contributed by atoms with Crippen LogP contribution in [0.1, 0.15) is 93.2 Å². The Morgan fingerprint density at radius 1 is 0.490 bits per heavy atom. The molecule has 6 aromatic carbocycles. The van der Waals surface area contributed by atoms with Gasteiger partial charge in [-0.15, -0.1) is 0 Å². The maximum absolute atomic E-state index is 13.4. The van der Waals surface area contributed by atoms with Crippen molar-refractivity contribution in [3.63, 3.8) is 0 Å². The minimum absolute atomic E-state index is 0.0160. The number of rotatable bonds is 15. The average Bonchev–Trinajstić information content (AvgIpc) is 1.61. The van der Waals surface area contributed by atoms with E-state index in [1.165, 1.54) is 85.5 Å². The number of nitrogens with one attached hydrogen (secondary N) is 3. The van der Waals surface area contributed by atoms with Gasteiger partial charge in [0.25, 0.3) is 17.7 Å². The van der Waals surface area contributed by atoms with Crippen LogP contribution >= 0.6 is 38.5 Å². The summed E-state index contributed by atoms with van der Waals surface area (Å²) in [5, 5.41) is 33.7. The molecule has 22 nitrogen and oxygen atoms in total. The van der Waals surface area contributed by atoms with Crippen LogP contribution in [0.3, 0.4) is 0 Å². The van der Waals surface area contributed by atoms with Crippen molar-refractivity contribution in [2.24, 2.45) is 0 Å². The molecule has 0 spiro atoms. The molecular weight excluding hydrogens is 1560 g/mol. The van der Waals surface area contributed by atoms with Crippen molar-refractivity contribution in [3.8, 4) is 23.1 Å². The van der Waals surface area contributed by atoms with Crippen molar-refractivity contribution < 1.29 is 58.6 Å². The Hall–Kier alpha value is -10.1. The number of hydrogen-bond donors (Lipinski definition) is 3. The van der Waals surface area contributed by atoms with E-state index >= 15 is 0 Å². The number of carbonyl (C=O) groups excluding carboxylic acids is 3. The Morgan fingerprint density at radius 2 is 0.794 bits per heavy atom. The summed E-state index contributed by atoms with van der Waals surface area (Å²) in [4.78, 5) is 51.9. The Balaban J connectivity index is 0.000000143. The van der Waals surface area contributed by atoms with Gasteiger partial charge in [0.2, 0.25) is 0 Å². The molecule has 3 fully saturated rings. The van der Waals surface area contributed by atoms with Gasteiger partial charge in [0.05, 0.1) is 106 Å². The van der Waals surface area contributed by atoms with Gasteiger partial charge in [0, 0.05) is 61.6 Å². The monoisotopic (exact) mass is 1610 g/mol. The molecule has 102 heavy (non-hydrogen) atoms. The summed E-state index contributed by atoms with van der Waals surface area (Å²) >= 11 is 5.62. The number of nitriles is 1. The van der Waals surface area contributed by atoms with E-state index in [2.05, 4.69) is 90.8 Å². The molecule has 0 bridgehead atoms. The van der Waals surface area contributed by atoms with E-state index in [1.54, 1.807) is 99.2 Å². The summed E-state index contributed by atoms with van der Waals surface area (Å²) in [5.74, 6) is -2.04. The number of benzene rings is 6. The van der Waals surface area contributed by atoms with E-state index in [-0.39, 0.29) is 55.5 Å². The highest BCUT2D eigenvalue weighted by Gasteiger charge is 2.49. The van der Waals surface area contributed by atoms with Crippen molar-refractivity contribution in [2.45, 2.75) is 70.2 Å². The topological polar surface area (TPSA) is 306 Å². The highest BCUT2D eigenvalue weighted by Crippen LogP contribution is 2.49. The van der Waals surface area contributed by atoms with Crippen LogP contribution in [-0.4, -0.2) is 113 Å². The number of aromatic nitrogens is 9. The Kier molecular flexibility index (Phi) is 19.3. The molecule has 31 heteroatoms. The van der Waals surface area contributed by atoms with Gasteiger partial charge in [0.1, 0.15) is 17.5 Å². The van der Waals surface area contributed by atoms with Crippen LogP contribution in [0.15, 0.2) is 202 Å². The van der Waals surface area contributed by atoms with Crippen LogP contribution in [0.25, 0.3) is 49.8 Å². The SMILES string of the molecule is CS(=O)(=O)c1cc(C2(NC(=O)c3cc(Br)cc4c3cnn4-c3ccc(F)cc3)CC2)ccn1.CS(=O)(=O)c1cc(C2(NC(=O)c3cc(C#N)cc4c3cnn4-c3ccc(F)cc3)CC2)ccn1.CS(=O)(=O)c1cc(C2(NC(=O)c3cc(I)cc4c3cnn4-c3ccc(F)cc3)CC2)ccn1.[2H]CF. The number of fused-ring (bicyclic) bond motifs is 3. The van der Waals surface area contributed by atoms with Crippen molar-refractivity contribution in [2.75, 3.05) is 25.9 Å². The molecule has 3 aliphatic carbocycles. The van der Waals surface area contributed by atoms with Crippen LogP contribution < -0.4 is 16.0 Å². The van der Waals surface area contributed by atoms with Crippen molar-refractivity contribution in [3.05, 3.63) is 247 Å². The molecule has 3 saturated carbocycles. The molecule has 0 radical (unpaired) electrons. The van der Waals surface area contributed by atoms with Gasteiger partial charge in [-0.05, 0) is 223 Å². The molecule has 0 saturated heterocycles. The molecule has 3 aliphatic rings. The third kappa shape index (κ3) is 15.1. The summed E-state index contributed by atoms with van der Waals surface area (Å²) in [6.45, 7) is 0. The number of halogens is 6. The zero-order chi connectivity index (χ0) is 73.6. The van der Waals surface area contributed by atoms with Crippen LogP contribution in [0.5, 0.6) is 0 Å². The van der Waals surface area contributed by atoms with E-state index in [0.29, 0.717) is 110 Å². The minimum atomic E-state index is -3.50. The molecule has 0 atom stereocenters. The predicted molar refractivity (Wildman–Crippen MR) is 382 cm³/mol. The molecule has 0 unspecified atom stereocenters. The van der Waals surface area contributed by atoms with Crippen molar-refractivity contribution >= 4 is 118 Å². The number of amides is 3. The third-order valence-electron chi connectivity index (χ3n) is 17.4. The molecular formula is C71H57BrF4IN13O9S3. The first-order valence-corrected chi connectivity index (χ1v) is 38.4. The maximum Gasteiger partial charge on any atom is 0.252 e. The molecule has 6 heterocycles. The molecule has 3 N–H and O–H groups in total. The standard InChI is InChI=1S/C24H18FN5O3S.C23H18BrFN4O3S.C23H18FIN4O3S.CH3F/c1-34(32,33)22-12-16(6-9-27-22)24(7-8-24)29-23(31)19-10-15(13-26)11-21-20(19)14-28-30(21)18-4-2-17(25)3-5-18;1-33(31,32)21-10-14(6-9-26-21)23(7-8-23)28-22(30)18-11-15(24)12-20-19(18)13-27-29(20)17-4-2-16(25)3-5-17;1-33(31,32)21-10-14(6-9-26-21)23(7-8-23)28-22(30)18-11-16(25)12-20-19(18)13-27-29(20)17-4-2-15(24)3-5-17;1-2/h2-6,9-12,14H,7-8H2,1H3,(H,29,31);2*2-6,9-13H,7-8H2,1H3,(H,28,30);1H3/i;;;1D. The first kappa shape index (κ1) is 70.3.